The maximum atomic E-state index is 10.6. The smallest absolute Gasteiger partial charge is 0.296 e. The Labute approximate surface area is 177 Å². The summed E-state index contributed by atoms with van der Waals surface area (Å²) >= 11 is 5.21. The summed E-state index contributed by atoms with van der Waals surface area (Å²) in [6, 6.07) is 7.79. The van der Waals surface area contributed by atoms with Gasteiger partial charge in [0.2, 0.25) is 0 Å². The lowest BCUT2D eigenvalue weighted by Crippen LogP contribution is -2.01. The third-order valence-corrected chi connectivity index (χ3v) is 5.14. The zero-order valence-corrected chi connectivity index (χ0v) is 18.5. The Hall–Kier alpha value is -1.46. The maximum absolute atomic E-state index is 10.6. The Bertz CT molecular complexity index is 570. The molecule has 0 aliphatic rings. The second kappa shape index (κ2) is 17.6. The predicted molar refractivity (Wildman–Crippen MR) is 123 cm³/mol. The van der Waals surface area contributed by atoms with Gasteiger partial charge in [-0.05, 0) is 48.2 Å². The largest absolute Gasteiger partial charge is 0.385 e. The number of rotatable bonds is 16. The lowest BCUT2D eigenvalue weighted by Gasteiger charge is -2.06. The standard InChI is InChI=1S/C25H38ClNO/c1-2-3-4-5-6-7-8-9-10-11-12-13-14-15-22-27-24-19-16-23(17-20-24)18-21-25(26)28/h16-17,19-20,27H,2-15,22H2,1H3. The van der Waals surface area contributed by atoms with Crippen LogP contribution in [0.2, 0.25) is 0 Å². The zero-order valence-electron chi connectivity index (χ0n) is 17.7. The van der Waals surface area contributed by atoms with E-state index in [0.29, 0.717) is 0 Å². The lowest BCUT2D eigenvalue weighted by atomic mass is 10.0. The monoisotopic (exact) mass is 403 g/mol. The maximum Gasteiger partial charge on any atom is 0.296 e. The number of carbonyl (C=O) groups excluding carboxylic acids is 1. The van der Waals surface area contributed by atoms with Crippen LogP contribution >= 0.6 is 11.6 Å². The van der Waals surface area contributed by atoms with Crippen molar-refractivity contribution in [3.63, 3.8) is 0 Å². The highest BCUT2D eigenvalue weighted by Crippen LogP contribution is 2.13. The molecule has 0 saturated heterocycles. The first-order valence-corrected chi connectivity index (χ1v) is 11.7. The van der Waals surface area contributed by atoms with E-state index in [1.165, 1.54) is 89.9 Å². The Balaban J connectivity index is 1.89. The van der Waals surface area contributed by atoms with Crippen LogP contribution in [-0.4, -0.2) is 11.8 Å². The number of benzene rings is 1. The molecular formula is C25H38ClNO. The first kappa shape index (κ1) is 24.6. The number of carbonyl (C=O) groups is 1. The van der Waals surface area contributed by atoms with Crippen LogP contribution in [0.1, 0.15) is 102 Å². The van der Waals surface area contributed by atoms with Gasteiger partial charge in [-0.25, -0.2) is 0 Å². The van der Waals surface area contributed by atoms with Crippen LogP contribution in [-0.2, 0) is 4.79 Å². The fraction of sp³-hybridized carbons (Fsp3) is 0.640. The van der Waals surface area contributed by atoms with E-state index in [2.05, 4.69) is 24.1 Å². The van der Waals surface area contributed by atoms with Gasteiger partial charge in [-0.2, -0.15) is 0 Å². The molecule has 0 aliphatic heterocycles. The molecule has 1 aromatic rings. The molecule has 0 aromatic heterocycles. The van der Waals surface area contributed by atoms with Gasteiger partial charge < -0.3 is 5.32 Å². The molecule has 1 rings (SSSR count). The van der Waals surface area contributed by atoms with Gasteiger partial charge in [-0.3, -0.25) is 4.79 Å². The van der Waals surface area contributed by atoms with Crippen molar-refractivity contribution >= 4 is 22.5 Å². The molecule has 0 atom stereocenters. The van der Waals surface area contributed by atoms with Gasteiger partial charge in [0.15, 0.2) is 0 Å². The summed E-state index contributed by atoms with van der Waals surface area (Å²) in [7, 11) is 0. The summed E-state index contributed by atoms with van der Waals surface area (Å²) in [5.74, 6) is 5.07. The molecular weight excluding hydrogens is 366 g/mol. The molecule has 0 amide bonds. The van der Waals surface area contributed by atoms with Crippen LogP contribution < -0.4 is 5.32 Å². The van der Waals surface area contributed by atoms with Crippen molar-refractivity contribution in [2.24, 2.45) is 0 Å². The van der Waals surface area contributed by atoms with Gasteiger partial charge >= 0.3 is 0 Å². The van der Waals surface area contributed by atoms with Crippen molar-refractivity contribution in [1.82, 2.24) is 0 Å². The van der Waals surface area contributed by atoms with Gasteiger partial charge in [0.25, 0.3) is 5.24 Å². The fourth-order valence-electron chi connectivity index (χ4n) is 3.34. The second-order valence-corrected chi connectivity index (χ2v) is 7.97. The van der Waals surface area contributed by atoms with Gasteiger partial charge in [-0.1, -0.05) is 96.3 Å². The molecule has 2 nitrogen and oxygen atoms in total. The van der Waals surface area contributed by atoms with E-state index in [9.17, 15) is 4.79 Å². The van der Waals surface area contributed by atoms with Crippen LogP contribution in [0, 0.1) is 11.8 Å². The number of hydrogen-bond donors (Lipinski definition) is 1. The summed E-state index contributed by atoms with van der Waals surface area (Å²) in [4.78, 5) is 10.6. The van der Waals surface area contributed by atoms with Gasteiger partial charge in [-0.15, -0.1) is 0 Å². The van der Waals surface area contributed by atoms with E-state index in [1.54, 1.807) is 0 Å². The van der Waals surface area contributed by atoms with Gasteiger partial charge in [0.05, 0.1) is 0 Å². The van der Waals surface area contributed by atoms with E-state index in [0.717, 1.165) is 17.8 Å². The van der Waals surface area contributed by atoms with E-state index in [4.69, 9.17) is 11.6 Å². The summed E-state index contributed by atoms with van der Waals surface area (Å²) < 4.78 is 0. The molecule has 1 aromatic carbocycles. The quantitative estimate of drug-likeness (QED) is 0.174. The highest BCUT2D eigenvalue weighted by atomic mass is 35.5. The van der Waals surface area contributed by atoms with E-state index < -0.39 is 5.24 Å². The van der Waals surface area contributed by atoms with Gasteiger partial charge in [0.1, 0.15) is 0 Å². The van der Waals surface area contributed by atoms with E-state index >= 15 is 0 Å². The van der Waals surface area contributed by atoms with E-state index in [1.807, 2.05) is 24.3 Å². The second-order valence-electron chi connectivity index (χ2n) is 7.62. The SMILES string of the molecule is CCCCCCCCCCCCCCCCNc1ccc(C#CC(=O)Cl)cc1. The van der Waals surface area contributed by atoms with Crippen LogP contribution in [0.3, 0.4) is 0 Å². The lowest BCUT2D eigenvalue weighted by molar-refractivity contribution is -0.107. The fourth-order valence-corrected chi connectivity index (χ4v) is 3.39. The Morgan fingerprint density at radius 1 is 0.786 bits per heavy atom. The van der Waals surface area contributed by atoms with Gasteiger partial charge in [0, 0.05) is 17.8 Å². The molecule has 0 heterocycles. The first-order chi connectivity index (χ1) is 13.7. The zero-order chi connectivity index (χ0) is 20.3. The molecule has 0 saturated carbocycles. The molecule has 1 N–H and O–H groups in total. The van der Waals surface area contributed by atoms with Crippen molar-refractivity contribution in [3.05, 3.63) is 29.8 Å². The molecule has 0 unspecified atom stereocenters. The highest BCUT2D eigenvalue weighted by Gasteiger charge is 1.96. The summed E-state index contributed by atoms with van der Waals surface area (Å²) in [6.07, 6.45) is 19.4. The minimum absolute atomic E-state index is 0.625. The number of hydrogen-bond acceptors (Lipinski definition) is 2. The molecule has 0 aliphatic carbocycles. The number of unbranched alkanes of at least 4 members (excludes halogenated alkanes) is 13. The average molecular weight is 404 g/mol. The minimum Gasteiger partial charge on any atom is -0.385 e. The van der Waals surface area contributed by atoms with Crippen LogP contribution in [0.5, 0.6) is 0 Å². The van der Waals surface area contributed by atoms with Crippen molar-refractivity contribution in [3.8, 4) is 11.8 Å². The van der Waals surface area contributed by atoms with Crippen LogP contribution in [0.15, 0.2) is 24.3 Å². The van der Waals surface area contributed by atoms with Crippen molar-refractivity contribution < 1.29 is 4.79 Å². The molecule has 0 spiro atoms. The molecule has 0 radical (unpaired) electrons. The van der Waals surface area contributed by atoms with E-state index in [-0.39, 0.29) is 0 Å². The summed E-state index contributed by atoms with van der Waals surface area (Å²) in [6.45, 7) is 3.28. The third kappa shape index (κ3) is 14.6. The third-order valence-electron chi connectivity index (χ3n) is 5.05. The molecule has 156 valence electrons. The number of nitrogens with one attached hydrogen (secondary N) is 1. The molecule has 28 heavy (non-hydrogen) atoms. The Morgan fingerprint density at radius 2 is 1.25 bits per heavy atom. The highest BCUT2D eigenvalue weighted by molar-refractivity contribution is 6.68. The number of halogens is 1. The topological polar surface area (TPSA) is 29.1 Å². The molecule has 0 fully saturated rings. The molecule has 3 heteroatoms. The minimum atomic E-state index is -0.625. The van der Waals surface area contributed by atoms with Crippen molar-refractivity contribution in [2.75, 3.05) is 11.9 Å². The Kier molecular flexibility index (Phi) is 15.5. The van der Waals surface area contributed by atoms with Crippen molar-refractivity contribution in [1.29, 1.82) is 0 Å². The summed E-state index contributed by atoms with van der Waals surface area (Å²) in [5, 5.41) is 2.81. The average Bonchev–Trinajstić information content (AvgIpc) is 2.70. The number of anilines is 1. The Morgan fingerprint density at radius 3 is 1.71 bits per heavy atom. The normalized spacial score (nSPS) is 10.4. The van der Waals surface area contributed by atoms with Crippen LogP contribution in [0.4, 0.5) is 5.69 Å². The summed E-state index contributed by atoms with van der Waals surface area (Å²) in [5.41, 5.74) is 1.90. The predicted octanol–water partition coefficient (Wildman–Crippen LogP) is 7.70. The first-order valence-electron chi connectivity index (χ1n) is 11.3. The molecule has 0 bridgehead atoms. The van der Waals surface area contributed by atoms with Crippen LogP contribution in [0.25, 0.3) is 0 Å². The van der Waals surface area contributed by atoms with Crippen molar-refractivity contribution in [2.45, 2.75) is 96.8 Å².